The van der Waals surface area contributed by atoms with Crippen LogP contribution in [0.25, 0.3) is 0 Å². The summed E-state index contributed by atoms with van der Waals surface area (Å²) in [5, 5.41) is 40.6. The van der Waals surface area contributed by atoms with Gasteiger partial charge in [0.1, 0.15) is 6.61 Å². The van der Waals surface area contributed by atoms with E-state index >= 15 is 0 Å². The molecule has 0 bridgehead atoms. The summed E-state index contributed by atoms with van der Waals surface area (Å²) in [5.41, 5.74) is -2.79. The van der Waals surface area contributed by atoms with Crippen molar-refractivity contribution < 1.29 is 66.1 Å². The van der Waals surface area contributed by atoms with Gasteiger partial charge in [-0.15, -0.1) is 0 Å². The van der Waals surface area contributed by atoms with Gasteiger partial charge in [0.15, 0.2) is 10.2 Å². The Morgan fingerprint density at radius 2 is 0.846 bits per heavy atom. The van der Waals surface area contributed by atoms with Crippen LogP contribution < -0.4 is 0 Å². The zero-order chi connectivity index (χ0) is 39.7. The Labute approximate surface area is 322 Å². The predicted octanol–water partition coefficient (Wildman–Crippen LogP) is 4.06. The third-order valence-corrected chi connectivity index (χ3v) is 16.7. The molecule has 0 saturated heterocycles. The summed E-state index contributed by atoms with van der Waals surface area (Å²) in [4.78, 5) is 35.5. The molecule has 0 aromatic carbocycles. The smallest absolute Gasteiger partial charge is 0.465 e. The average molecular weight is 821 g/mol. The van der Waals surface area contributed by atoms with Crippen molar-refractivity contribution >= 4 is 57.3 Å². The van der Waals surface area contributed by atoms with Gasteiger partial charge in [0.25, 0.3) is 0 Å². The quantitative estimate of drug-likeness (QED) is 0.0420. The Kier molecular flexibility index (Phi) is 27.0. The van der Waals surface area contributed by atoms with Gasteiger partial charge in [-0.25, -0.2) is 0 Å². The first-order valence-corrected chi connectivity index (χ1v) is 24.1. The Bertz CT molecular complexity index is 925. The molecule has 4 N–H and O–H groups in total. The van der Waals surface area contributed by atoms with Crippen molar-refractivity contribution in [1.29, 1.82) is 0 Å². The van der Waals surface area contributed by atoms with Crippen molar-refractivity contribution in [3.05, 3.63) is 0 Å². The predicted molar refractivity (Wildman–Crippen MR) is 207 cm³/mol. The number of aliphatic hydroxyl groups is 4. The molecule has 0 fully saturated rings. The summed E-state index contributed by atoms with van der Waals surface area (Å²) in [6.45, 7) is 12.7. The number of rotatable bonds is 33. The van der Waals surface area contributed by atoms with Gasteiger partial charge < -0.3 is 51.7 Å². The van der Waals surface area contributed by atoms with Crippen LogP contribution in [0.5, 0.6) is 0 Å². The SMILES string of the molecule is CCO[Si](CCCSC(C)=O)(OCC(CC)(CO)CO)OCC(CC)(COC(C)=O)CO[Si](CCCSC(C)=O)(OCC)OCC(CC)(CO)CO. The van der Waals surface area contributed by atoms with E-state index < -0.39 is 39.8 Å². The first-order valence-electron chi connectivity index (χ1n) is 18.3. The van der Waals surface area contributed by atoms with E-state index in [0.29, 0.717) is 55.7 Å². The maximum Gasteiger partial charge on any atom is 0.501 e. The van der Waals surface area contributed by atoms with E-state index in [-0.39, 0.29) is 82.9 Å². The molecule has 0 saturated carbocycles. The minimum absolute atomic E-state index is 0.0159. The van der Waals surface area contributed by atoms with E-state index in [1.165, 1.54) is 44.3 Å². The van der Waals surface area contributed by atoms with Crippen molar-refractivity contribution in [2.75, 3.05) is 84.2 Å². The largest absolute Gasteiger partial charge is 0.501 e. The Hall–Kier alpha value is -0.456. The number of carbonyl (C=O) groups is 3. The second-order valence-electron chi connectivity index (χ2n) is 13.2. The van der Waals surface area contributed by atoms with Crippen LogP contribution in [-0.4, -0.2) is 138 Å². The Morgan fingerprint density at radius 3 is 1.10 bits per heavy atom. The summed E-state index contributed by atoms with van der Waals surface area (Å²) in [6, 6.07) is 0.698. The molecule has 18 heteroatoms. The molecule has 0 spiro atoms. The molecule has 52 heavy (non-hydrogen) atoms. The van der Waals surface area contributed by atoms with Crippen LogP contribution in [0.4, 0.5) is 0 Å². The van der Waals surface area contributed by atoms with Crippen molar-refractivity contribution in [1.82, 2.24) is 0 Å². The van der Waals surface area contributed by atoms with Gasteiger partial charge in [-0.05, 0) is 46.0 Å². The fourth-order valence-electron chi connectivity index (χ4n) is 4.80. The van der Waals surface area contributed by atoms with Gasteiger partial charge in [-0.3, -0.25) is 14.4 Å². The van der Waals surface area contributed by atoms with Crippen molar-refractivity contribution in [3.8, 4) is 0 Å². The van der Waals surface area contributed by atoms with E-state index in [1.54, 1.807) is 0 Å². The molecule has 0 aromatic rings. The molecule has 0 aliphatic heterocycles. The van der Waals surface area contributed by atoms with Gasteiger partial charge in [0, 0.05) is 100 Å². The molecule has 0 amide bonds. The standard InChI is InChI=1S/C34H68O14S2Si2/c1-9-32(20-35,21-36)25-45-51(43-12-4,18-14-16-49-30(7)40)47-27-34(11-3,24-42-29(6)39)28-48-52(44-13-5,19-15-17-50-31(8)41)46-26-33(10-2,22-37)23-38/h35-38H,9-28H2,1-8H3. The lowest BCUT2D eigenvalue weighted by atomic mass is 9.88. The highest BCUT2D eigenvalue weighted by Crippen LogP contribution is 2.34. The van der Waals surface area contributed by atoms with Crippen LogP contribution in [0, 0.1) is 16.2 Å². The molecule has 0 aromatic heterocycles. The third-order valence-electron chi connectivity index (χ3n) is 9.16. The summed E-state index contributed by atoms with van der Waals surface area (Å²) >= 11 is 2.37. The lowest BCUT2D eigenvalue weighted by Gasteiger charge is -2.40. The lowest BCUT2D eigenvalue weighted by molar-refractivity contribution is -0.147. The third kappa shape index (κ3) is 18.9. The number of hydrogen-bond donors (Lipinski definition) is 4. The first-order chi connectivity index (χ1) is 24.6. The number of esters is 1. The summed E-state index contributed by atoms with van der Waals surface area (Å²) in [6.07, 6.45) is 2.38. The summed E-state index contributed by atoms with van der Waals surface area (Å²) in [5.74, 6) is 0.536. The van der Waals surface area contributed by atoms with E-state index in [2.05, 4.69) is 0 Å². The number of hydrogen-bond acceptors (Lipinski definition) is 16. The highest BCUT2D eigenvalue weighted by Gasteiger charge is 2.49. The van der Waals surface area contributed by atoms with Crippen molar-refractivity contribution in [2.24, 2.45) is 16.2 Å². The molecular formula is C34H68O14S2Si2. The topological polar surface area (TPSA) is 197 Å². The molecule has 308 valence electrons. The first kappa shape index (κ1) is 51.5. The molecule has 0 aliphatic carbocycles. The monoisotopic (exact) mass is 820 g/mol. The van der Waals surface area contributed by atoms with E-state index in [4.69, 9.17) is 31.3 Å². The second kappa shape index (κ2) is 27.2. The van der Waals surface area contributed by atoms with E-state index in [1.807, 2.05) is 34.6 Å². The van der Waals surface area contributed by atoms with Crippen LogP contribution in [0.1, 0.15) is 87.5 Å². The van der Waals surface area contributed by atoms with Crippen molar-refractivity contribution in [2.45, 2.75) is 99.6 Å². The molecular weight excluding hydrogens is 753 g/mol. The van der Waals surface area contributed by atoms with Gasteiger partial charge >= 0.3 is 23.6 Å². The van der Waals surface area contributed by atoms with Crippen LogP contribution >= 0.6 is 23.5 Å². The molecule has 2 unspecified atom stereocenters. The maximum absolute atomic E-state index is 12.2. The maximum atomic E-state index is 12.2. The van der Waals surface area contributed by atoms with Gasteiger partial charge in [0.2, 0.25) is 0 Å². The van der Waals surface area contributed by atoms with Crippen LogP contribution in [0.3, 0.4) is 0 Å². The molecule has 2 atom stereocenters. The summed E-state index contributed by atoms with van der Waals surface area (Å²) < 4.78 is 44.5. The number of ether oxygens (including phenoxy) is 1. The Balaban J connectivity index is 6.79. The highest BCUT2D eigenvalue weighted by molar-refractivity contribution is 8.13. The fraction of sp³-hybridized carbons (Fsp3) is 0.912. The minimum atomic E-state index is -3.57. The molecule has 0 rings (SSSR count). The number of carbonyl (C=O) groups excluding carboxylic acids is 3. The number of thioether (sulfide) groups is 2. The van der Waals surface area contributed by atoms with E-state index in [0.717, 1.165) is 0 Å². The molecule has 14 nitrogen and oxygen atoms in total. The fourth-order valence-corrected chi connectivity index (χ4v) is 12.0. The zero-order valence-electron chi connectivity index (χ0n) is 32.8. The molecule has 0 aliphatic rings. The van der Waals surface area contributed by atoms with Crippen LogP contribution in [0.15, 0.2) is 0 Å². The van der Waals surface area contributed by atoms with Gasteiger partial charge in [-0.1, -0.05) is 44.3 Å². The zero-order valence-corrected chi connectivity index (χ0v) is 36.5. The molecule has 0 heterocycles. The minimum Gasteiger partial charge on any atom is -0.465 e. The van der Waals surface area contributed by atoms with Crippen molar-refractivity contribution in [3.63, 3.8) is 0 Å². The summed E-state index contributed by atoms with van der Waals surface area (Å²) in [7, 11) is -7.15. The number of aliphatic hydroxyl groups excluding tert-OH is 4. The highest BCUT2D eigenvalue weighted by atomic mass is 32.2. The van der Waals surface area contributed by atoms with E-state index in [9.17, 15) is 34.8 Å². The molecule has 0 radical (unpaired) electrons. The van der Waals surface area contributed by atoms with Gasteiger partial charge in [0.05, 0.1) is 26.4 Å². The van der Waals surface area contributed by atoms with Crippen LogP contribution in [-0.2, 0) is 45.7 Å². The lowest BCUT2D eigenvalue weighted by Crippen LogP contribution is -2.54. The van der Waals surface area contributed by atoms with Crippen LogP contribution in [0.2, 0.25) is 12.1 Å². The second-order valence-corrected chi connectivity index (χ2v) is 21.3. The normalized spacial score (nSPS) is 15.8. The average Bonchev–Trinajstić information content (AvgIpc) is 3.13. The van der Waals surface area contributed by atoms with Gasteiger partial charge in [-0.2, -0.15) is 0 Å². The Morgan fingerprint density at radius 1 is 0.519 bits per heavy atom.